The molecule has 0 fully saturated rings. The van der Waals surface area contributed by atoms with Crippen LogP contribution in [0.3, 0.4) is 0 Å². The normalized spacial score (nSPS) is 11.8. The van der Waals surface area contributed by atoms with Crippen molar-refractivity contribution in [1.29, 1.82) is 5.26 Å². The third kappa shape index (κ3) is 2.78. The van der Waals surface area contributed by atoms with Gasteiger partial charge in [0.15, 0.2) is 0 Å². The highest BCUT2D eigenvalue weighted by Crippen LogP contribution is 2.23. The van der Waals surface area contributed by atoms with Crippen molar-refractivity contribution < 1.29 is 8.42 Å². The zero-order valence-electron chi connectivity index (χ0n) is 9.81. The molecule has 0 N–H and O–H groups in total. The number of halogens is 1. The van der Waals surface area contributed by atoms with Crippen LogP contribution < -0.4 is 0 Å². The van der Waals surface area contributed by atoms with Crippen LogP contribution in [0.25, 0.3) is 0 Å². The van der Waals surface area contributed by atoms with E-state index in [4.69, 9.17) is 16.9 Å². The highest BCUT2D eigenvalue weighted by Gasteiger charge is 2.23. The third-order valence-corrected chi connectivity index (χ3v) is 4.81. The Hall–Kier alpha value is -1.09. The average molecular weight is 273 g/mol. The minimum absolute atomic E-state index is 0.0951. The molecule has 17 heavy (non-hydrogen) atoms. The van der Waals surface area contributed by atoms with Gasteiger partial charge in [-0.05, 0) is 32.0 Å². The van der Waals surface area contributed by atoms with Gasteiger partial charge in [0.1, 0.15) is 6.07 Å². The van der Waals surface area contributed by atoms with Gasteiger partial charge in [0, 0.05) is 13.1 Å². The van der Waals surface area contributed by atoms with Crippen molar-refractivity contribution in [2.75, 3.05) is 7.05 Å². The van der Waals surface area contributed by atoms with Crippen LogP contribution in [-0.2, 0) is 10.0 Å². The number of nitriles is 1. The van der Waals surface area contributed by atoms with Gasteiger partial charge in [-0.3, -0.25) is 0 Å². The van der Waals surface area contributed by atoms with Crippen LogP contribution in [0, 0.1) is 11.3 Å². The van der Waals surface area contributed by atoms with Gasteiger partial charge < -0.3 is 0 Å². The molecule has 0 spiro atoms. The van der Waals surface area contributed by atoms with E-state index in [-0.39, 0.29) is 21.5 Å². The molecular weight excluding hydrogens is 260 g/mol. The van der Waals surface area contributed by atoms with Crippen molar-refractivity contribution in [3.63, 3.8) is 0 Å². The predicted molar refractivity (Wildman–Crippen MR) is 66.3 cm³/mol. The molecule has 6 heteroatoms. The zero-order chi connectivity index (χ0) is 13.2. The Morgan fingerprint density at radius 2 is 2.00 bits per heavy atom. The number of benzene rings is 1. The lowest BCUT2D eigenvalue weighted by molar-refractivity contribution is 0.410. The molecule has 0 heterocycles. The Bertz CT molecular complexity index is 561. The Morgan fingerprint density at radius 3 is 2.41 bits per heavy atom. The van der Waals surface area contributed by atoms with Gasteiger partial charge in [-0.2, -0.15) is 9.57 Å². The molecular formula is C11H13ClN2O2S. The molecule has 0 unspecified atom stereocenters. The minimum Gasteiger partial charge on any atom is -0.207 e. The smallest absolute Gasteiger partial charge is 0.207 e. The Kier molecular flexibility index (Phi) is 4.15. The molecule has 1 rings (SSSR count). The summed E-state index contributed by atoms with van der Waals surface area (Å²) in [7, 11) is -2.04. The van der Waals surface area contributed by atoms with E-state index in [9.17, 15) is 8.42 Å². The van der Waals surface area contributed by atoms with Crippen molar-refractivity contribution in [2.45, 2.75) is 24.8 Å². The van der Waals surface area contributed by atoms with Crippen molar-refractivity contribution in [2.24, 2.45) is 0 Å². The van der Waals surface area contributed by atoms with Gasteiger partial charge in [0.05, 0.1) is 15.5 Å². The maximum Gasteiger partial charge on any atom is 0.243 e. The molecule has 0 amide bonds. The van der Waals surface area contributed by atoms with E-state index in [1.165, 1.54) is 29.6 Å². The van der Waals surface area contributed by atoms with Gasteiger partial charge in [-0.1, -0.05) is 11.6 Å². The van der Waals surface area contributed by atoms with E-state index in [0.29, 0.717) is 0 Å². The maximum atomic E-state index is 12.1. The van der Waals surface area contributed by atoms with Crippen LogP contribution in [0.1, 0.15) is 19.4 Å². The van der Waals surface area contributed by atoms with Crippen LogP contribution in [0.15, 0.2) is 23.1 Å². The van der Waals surface area contributed by atoms with Gasteiger partial charge in [0.25, 0.3) is 0 Å². The van der Waals surface area contributed by atoms with Crippen LogP contribution >= 0.6 is 11.6 Å². The Balaban J connectivity index is 3.27. The van der Waals surface area contributed by atoms with Crippen LogP contribution in [0.4, 0.5) is 0 Å². The van der Waals surface area contributed by atoms with Crippen molar-refractivity contribution in [1.82, 2.24) is 4.31 Å². The van der Waals surface area contributed by atoms with Gasteiger partial charge in [-0.25, -0.2) is 8.42 Å². The second kappa shape index (κ2) is 5.05. The van der Waals surface area contributed by atoms with E-state index in [1.54, 1.807) is 13.8 Å². The van der Waals surface area contributed by atoms with Gasteiger partial charge in [-0.15, -0.1) is 0 Å². The van der Waals surface area contributed by atoms with Crippen LogP contribution in [0.5, 0.6) is 0 Å². The molecule has 1 aromatic carbocycles. The standard InChI is InChI=1S/C11H13ClN2O2S/c1-8(2)14(3)17(15,16)10-5-4-9(7-13)11(12)6-10/h4-6,8H,1-3H3. The lowest BCUT2D eigenvalue weighted by Crippen LogP contribution is -2.33. The third-order valence-electron chi connectivity index (χ3n) is 2.47. The predicted octanol–water partition coefficient (Wildman–Crippen LogP) is 2.24. The van der Waals surface area contributed by atoms with Gasteiger partial charge in [0.2, 0.25) is 10.0 Å². The van der Waals surface area contributed by atoms with E-state index in [2.05, 4.69) is 0 Å². The molecule has 0 bridgehead atoms. The SMILES string of the molecule is CC(C)N(C)S(=O)(=O)c1ccc(C#N)c(Cl)c1. The van der Waals surface area contributed by atoms with Gasteiger partial charge >= 0.3 is 0 Å². The summed E-state index contributed by atoms with van der Waals surface area (Å²) in [6, 6.07) is 5.84. The quantitative estimate of drug-likeness (QED) is 0.848. The fraction of sp³-hybridized carbons (Fsp3) is 0.364. The van der Waals surface area contributed by atoms with E-state index in [0.717, 1.165) is 0 Å². The monoisotopic (exact) mass is 272 g/mol. The molecule has 0 aliphatic heterocycles. The molecule has 0 aliphatic carbocycles. The first-order chi connectivity index (χ1) is 7.80. The summed E-state index contributed by atoms with van der Waals surface area (Å²) < 4.78 is 25.5. The maximum absolute atomic E-state index is 12.1. The molecule has 92 valence electrons. The first-order valence-corrected chi connectivity index (χ1v) is 6.80. The largest absolute Gasteiger partial charge is 0.243 e. The molecule has 1 aromatic rings. The molecule has 0 aliphatic rings. The highest BCUT2D eigenvalue weighted by atomic mass is 35.5. The lowest BCUT2D eigenvalue weighted by Gasteiger charge is -2.21. The molecule has 0 saturated carbocycles. The molecule has 4 nitrogen and oxygen atoms in total. The Labute approximate surface area is 106 Å². The second-order valence-corrected chi connectivity index (χ2v) is 6.27. The lowest BCUT2D eigenvalue weighted by atomic mass is 10.2. The van der Waals surface area contributed by atoms with Crippen molar-refractivity contribution in [3.05, 3.63) is 28.8 Å². The number of sulfonamides is 1. The van der Waals surface area contributed by atoms with Crippen molar-refractivity contribution in [3.8, 4) is 6.07 Å². The number of hydrogen-bond donors (Lipinski definition) is 0. The first kappa shape index (κ1) is 14.0. The summed E-state index contributed by atoms with van der Waals surface area (Å²) in [5, 5.41) is 8.86. The average Bonchev–Trinajstić information content (AvgIpc) is 2.27. The van der Waals surface area contributed by atoms with E-state index in [1.807, 2.05) is 6.07 Å². The minimum atomic E-state index is -3.55. The summed E-state index contributed by atoms with van der Waals surface area (Å²) in [6.07, 6.45) is 0. The number of rotatable bonds is 3. The molecule has 0 radical (unpaired) electrons. The van der Waals surface area contributed by atoms with Crippen LogP contribution in [-0.4, -0.2) is 25.8 Å². The Morgan fingerprint density at radius 1 is 1.41 bits per heavy atom. The molecule has 0 aromatic heterocycles. The topological polar surface area (TPSA) is 61.2 Å². The first-order valence-electron chi connectivity index (χ1n) is 4.98. The fourth-order valence-corrected chi connectivity index (χ4v) is 2.87. The van der Waals surface area contributed by atoms with Crippen LogP contribution in [0.2, 0.25) is 5.02 Å². The summed E-state index contributed by atoms with van der Waals surface area (Å²) in [5.74, 6) is 0. The number of hydrogen-bond acceptors (Lipinski definition) is 3. The fourth-order valence-electron chi connectivity index (χ4n) is 1.19. The number of nitrogens with zero attached hydrogens (tertiary/aromatic N) is 2. The van der Waals surface area contributed by atoms with E-state index >= 15 is 0 Å². The molecule has 0 atom stereocenters. The van der Waals surface area contributed by atoms with E-state index < -0.39 is 10.0 Å². The zero-order valence-corrected chi connectivity index (χ0v) is 11.4. The van der Waals surface area contributed by atoms with Crippen molar-refractivity contribution >= 4 is 21.6 Å². The molecule has 0 saturated heterocycles. The highest BCUT2D eigenvalue weighted by molar-refractivity contribution is 7.89. The second-order valence-electron chi connectivity index (χ2n) is 3.87. The summed E-state index contributed by atoms with van der Waals surface area (Å²) in [5.41, 5.74) is 0.262. The summed E-state index contributed by atoms with van der Waals surface area (Å²) in [4.78, 5) is 0.0951. The summed E-state index contributed by atoms with van der Waals surface area (Å²) >= 11 is 5.81. The summed E-state index contributed by atoms with van der Waals surface area (Å²) in [6.45, 7) is 3.56.